The van der Waals surface area contributed by atoms with Gasteiger partial charge in [0.25, 0.3) is 0 Å². The first-order chi connectivity index (χ1) is 6.09. The van der Waals surface area contributed by atoms with Crippen molar-refractivity contribution in [1.29, 1.82) is 0 Å². The lowest BCUT2D eigenvalue weighted by atomic mass is 10.2. The molecule has 0 unspecified atom stereocenters. The Kier molecular flexibility index (Phi) is 3.90. The standard InChI is InChI=1S/C8H6Cl2F2O/c9-6-1-2-7(10)5(3-6)4-13-8(11)12/h1-3,8H,4H2. The van der Waals surface area contributed by atoms with E-state index in [1.165, 1.54) is 12.1 Å². The predicted octanol–water partition coefficient (Wildman–Crippen LogP) is 3.73. The highest BCUT2D eigenvalue weighted by atomic mass is 35.5. The lowest BCUT2D eigenvalue weighted by molar-refractivity contribution is -0.137. The maximum atomic E-state index is 11.7. The molecular formula is C8H6Cl2F2O. The molecule has 0 spiro atoms. The van der Waals surface area contributed by atoms with Crippen LogP contribution >= 0.6 is 23.2 Å². The van der Waals surface area contributed by atoms with Crippen LogP contribution < -0.4 is 0 Å². The topological polar surface area (TPSA) is 9.23 Å². The van der Waals surface area contributed by atoms with E-state index in [4.69, 9.17) is 23.2 Å². The summed E-state index contributed by atoms with van der Waals surface area (Å²) in [4.78, 5) is 0. The predicted molar refractivity (Wildman–Crippen MR) is 47.3 cm³/mol. The molecule has 72 valence electrons. The van der Waals surface area contributed by atoms with E-state index in [2.05, 4.69) is 4.74 Å². The fourth-order valence-electron chi connectivity index (χ4n) is 0.807. The molecule has 0 aliphatic carbocycles. The molecule has 13 heavy (non-hydrogen) atoms. The summed E-state index contributed by atoms with van der Waals surface area (Å²) in [6.07, 6.45) is 0. The molecule has 0 heterocycles. The zero-order valence-corrected chi connectivity index (χ0v) is 7.95. The third-order valence-electron chi connectivity index (χ3n) is 1.37. The molecule has 0 aliphatic rings. The summed E-state index contributed by atoms with van der Waals surface area (Å²) in [7, 11) is 0. The Morgan fingerprint density at radius 2 is 2.00 bits per heavy atom. The van der Waals surface area contributed by atoms with Crippen LogP contribution in [-0.2, 0) is 11.3 Å². The molecule has 0 radical (unpaired) electrons. The number of alkyl halides is 2. The first kappa shape index (κ1) is 10.7. The second-order valence-corrected chi connectivity index (χ2v) is 3.15. The minimum absolute atomic E-state index is 0.239. The maximum absolute atomic E-state index is 11.7. The molecule has 0 N–H and O–H groups in total. The lowest BCUT2D eigenvalue weighted by Crippen LogP contribution is -1.99. The zero-order chi connectivity index (χ0) is 9.84. The van der Waals surface area contributed by atoms with Crippen molar-refractivity contribution in [3.63, 3.8) is 0 Å². The number of halogens is 4. The number of ether oxygens (including phenoxy) is 1. The molecular weight excluding hydrogens is 221 g/mol. The van der Waals surface area contributed by atoms with Crippen LogP contribution in [0.4, 0.5) is 8.78 Å². The second-order valence-electron chi connectivity index (χ2n) is 2.31. The summed E-state index contributed by atoms with van der Waals surface area (Å²) in [5.74, 6) is 0. The van der Waals surface area contributed by atoms with Gasteiger partial charge in [-0.3, -0.25) is 0 Å². The van der Waals surface area contributed by atoms with Gasteiger partial charge in [0, 0.05) is 10.0 Å². The molecule has 5 heteroatoms. The molecule has 0 saturated carbocycles. The first-order valence-corrected chi connectivity index (χ1v) is 4.19. The Labute approximate surface area is 84.2 Å². The van der Waals surface area contributed by atoms with Gasteiger partial charge in [0.1, 0.15) is 0 Å². The summed E-state index contributed by atoms with van der Waals surface area (Å²) in [6, 6.07) is 4.61. The fourth-order valence-corrected chi connectivity index (χ4v) is 1.17. The average molecular weight is 227 g/mol. The van der Waals surface area contributed by atoms with E-state index in [0.717, 1.165) is 0 Å². The monoisotopic (exact) mass is 226 g/mol. The quantitative estimate of drug-likeness (QED) is 0.764. The van der Waals surface area contributed by atoms with E-state index in [1.54, 1.807) is 6.07 Å². The average Bonchev–Trinajstić information content (AvgIpc) is 2.06. The lowest BCUT2D eigenvalue weighted by Gasteiger charge is -2.05. The molecule has 1 nitrogen and oxygen atoms in total. The highest BCUT2D eigenvalue weighted by Gasteiger charge is 2.05. The Bertz CT molecular complexity index is 291. The van der Waals surface area contributed by atoms with E-state index in [9.17, 15) is 8.78 Å². The van der Waals surface area contributed by atoms with Gasteiger partial charge in [-0.05, 0) is 23.8 Å². The Balaban J connectivity index is 2.70. The molecule has 0 amide bonds. The second kappa shape index (κ2) is 4.74. The van der Waals surface area contributed by atoms with Gasteiger partial charge in [0.05, 0.1) is 6.61 Å². The van der Waals surface area contributed by atoms with Crippen molar-refractivity contribution in [1.82, 2.24) is 0 Å². The molecule has 0 aromatic heterocycles. The Hall–Kier alpha value is -0.380. The highest BCUT2D eigenvalue weighted by molar-refractivity contribution is 6.33. The van der Waals surface area contributed by atoms with Crippen molar-refractivity contribution in [2.75, 3.05) is 0 Å². The molecule has 0 fully saturated rings. The summed E-state index contributed by atoms with van der Waals surface area (Å²) >= 11 is 11.3. The van der Waals surface area contributed by atoms with Crippen molar-refractivity contribution in [3.8, 4) is 0 Å². The van der Waals surface area contributed by atoms with Crippen molar-refractivity contribution in [3.05, 3.63) is 33.8 Å². The van der Waals surface area contributed by atoms with Gasteiger partial charge in [0.15, 0.2) is 0 Å². The number of hydrogen-bond acceptors (Lipinski definition) is 1. The van der Waals surface area contributed by atoms with E-state index >= 15 is 0 Å². The minimum atomic E-state index is -2.80. The van der Waals surface area contributed by atoms with Crippen LogP contribution in [0.1, 0.15) is 5.56 Å². The smallest absolute Gasteiger partial charge is 0.318 e. The van der Waals surface area contributed by atoms with E-state index in [-0.39, 0.29) is 6.61 Å². The minimum Gasteiger partial charge on any atom is -0.318 e. The molecule has 1 rings (SSSR count). The summed E-state index contributed by atoms with van der Waals surface area (Å²) in [6.45, 7) is -3.04. The molecule has 1 aromatic rings. The van der Waals surface area contributed by atoms with Crippen LogP contribution in [0.15, 0.2) is 18.2 Å². The van der Waals surface area contributed by atoms with Crippen LogP contribution in [0.2, 0.25) is 10.0 Å². The van der Waals surface area contributed by atoms with Gasteiger partial charge in [-0.15, -0.1) is 0 Å². The fraction of sp³-hybridized carbons (Fsp3) is 0.250. The van der Waals surface area contributed by atoms with Gasteiger partial charge in [-0.25, -0.2) is 0 Å². The van der Waals surface area contributed by atoms with Crippen LogP contribution in [0.5, 0.6) is 0 Å². The highest BCUT2D eigenvalue weighted by Crippen LogP contribution is 2.21. The molecule has 0 saturated heterocycles. The van der Waals surface area contributed by atoms with Crippen molar-refractivity contribution < 1.29 is 13.5 Å². The molecule has 0 atom stereocenters. The van der Waals surface area contributed by atoms with Crippen molar-refractivity contribution in [2.45, 2.75) is 13.2 Å². The van der Waals surface area contributed by atoms with E-state index < -0.39 is 6.61 Å². The van der Waals surface area contributed by atoms with Crippen LogP contribution in [0, 0.1) is 0 Å². The van der Waals surface area contributed by atoms with Gasteiger partial charge < -0.3 is 4.74 Å². The van der Waals surface area contributed by atoms with E-state index in [0.29, 0.717) is 15.6 Å². The third-order valence-corrected chi connectivity index (χ3v) is 1.98. The Morgan fingerprint density at radius 3 is 2.62 bits per heavy atom. The number of benzene rings is 1. The van der Waals surface area contributed by atoms with Crippen molar-refractivity contribution in [2.24, 2.45) is 0 Å². The third kappa shape index (κ3) is 3.46. The van der Waals surface area contributed by atoms with Crippen molar-refractivity contribution >= 4 is 23.2 Å². The number of rotatable bonds is 3. The van der Waals surface area contributed by atoms with Crippen LogP contribution in [0.25, 0.3) is 0 Å². The SMILES string of the molecule is FC(F)OCc1cc(Cl)ccc1Cl. The van der Waals surface area contributed by atoms with Crippen LogP contribution in [0.3, 0.4) is 0 Å². The summed E-state index contributed by atoms with van der Waals surface area (Å²) in [5, 5.41) is 0.808. The Morgan fingerprint density at radius 1 is 1.31 bits per heavy atom. The van der Waals surface area contributed by atoms with Crippen LogP contribution in [-0.4, -0.2) is 6.61 Å². The largest absolute Gasteiger partial charge is 0.345 e. The maximum Gasteiger partial charge on any atom is 0.345 e. The van der Waals surface area contributed by atoms with E-state index in [1.807, 2.05) is 0 Å². The van der Waals surface area contributed by atoms with Gasteiger partial charge in [-0.2, -0.15) is 8.78 Å². The molecule has 1 aromatic carbocycles. The normalized spacial score (nSPS) is 10.8. The van der Waals surface area contributed by atoms with Gasteiger partial charge in [-0.1, -0.05) is 23.2 Å². The summed E-state index contributed by atoms with van der Waals surface area (Å²) < 4.78 is 27.4. The molecule has 0 aliphatic heterocycles. The van der Waals surface area contributed by atoms with Gasteiger partial charge in [0.2, 0.25) is 0 Å². The number of hydrogen-bond donors (Lipinski definition) is 0. The summed E-state index contributed by atoms with van der Waals surface area (Å²) in [5.41, 5.74) is 0.453. The first-order valence-electron chi connectivity index (χ1n) is 3.43. The van der Waals surface area contributed by atoms with Gasteiger partial charge >= 0.3 is 6.61 Å². The zero-order valence-electron chi connectivity index (χ0n) is 6.44. The molecule has 0 bridgehead atoms.